The predicted octanol–water partition coefficient (Wildman–Crippen LogP) is 4.01. The van der Waals surface area contributed by atoms with Crippen LogP contribution in [0.5, 0.6) is 0 Å². The standard InChI is InChI=1S/C30H35F2N5O5/c1-41-17-25-26(28(38)42-2)27(19-8-11-22(31)23(32)15-19)37(30(40)35-25)29(39)34-20-12-14-36(16-20)21-9-6-18(7-10-21)24-5-3-4-13-33-24/h3-5,8,11,13,15,18,20-21,27H,6-7,9-10,12,14,16-17H2,1-2H3,(H,34,39)(H,35,40)/t18?,20-,21?,27+/m1/s1. The van der Waals surface area contributed by atoms with Crippen LogP contribution in [0.25, 0.3) is 0 Å². The second-order valence-electron chi connectivity index (χ2n) is 10.9. The van der Waals surface area contributed by atoms with Crippen molar-refractivity contribution in [2.45, 2.75) is 56.1 Å². The second kappa shape index (κ2) is 13.0. The maximum Gasteiger partial charge on any atom is 0.338 e. The SMILES string of the molecule is COCC1=C(C(=O)OC)[C@H](c2ccc(F)c(F)c2)N(C(=O)N[C@@H]2CCN(C3CCC(c4ccccn4)CC3)C2)C(=O)N1. The largest absolute Gasteiger partial charge is 0.466 e. The molecule has 5 rings (SSSR count). The van der Waals surface area contributed by atoms with E-state index in [-0.39, 0.29) is 29.5 Å². The average Bonchev–Trinajstić information content (AvgIpc) is 3.47. The van der Waals surface area contributed by atoms with Crippen LogP contribution in [0, 0.1) is 11.6 Å². The Balaban J connectivity index is 1.31. The van der Waals surface area contributed by atoms with Gasteiger partial charge in [-0.3, -0.25) is 9.88 Å². The van der Waals surface area contributed by atoms with E-state index in [1.807, 2.05) is 18.3 Å². The lowest BCUT2D eigenvalue weighted by molar-refractivity contribution is -0.137. The number of methoxy groups -OCH3 is 2. The van der Waals surface area contributed by atoms with Crippen LogP contribution in [-0.2, 0) is 14.3 Å². The van der Waals surface area contributed by atoms with Gasteiger partial charge in [-0.1, -0.05) is 12.1 Å². The Hall–Kier alpha value is -3.90. The summed E-state index contributed by atoms with van der Waals surface area (Å²) in [5.74, 6) is -2.68. The minimum atomic E-state index is -1.37. The van der Waals surface area contributed by atoms with Crippen LogP contribution in [0.4, 0.5) is 18.4 Å². The number of imide groups is 1. The fourth-order valence-electron chi connectivity index (χ4n) is 6.31. The molecule has 2 N–H and O–H groups in total. The van der Waals surface area contributed by atoms with Crippen LogP contribution in [0.1, 0.15) is 55.3 Å². The normalized spacial score (nSPS) is 24.9. The summed E-state index contributed by atoms with van der Waals surface area (Å²) >= 11 is 0. The Kier molecular flexibility index (Phi) is 9.12. The monoisotopic (exact) mass is 583 g/mol. The zero-order chi connectivity index (χ0) is 29.8. The molecule has 0 radical (unpaired) electrons. The Morgan fingerprint density at radius 2 is 1.86 bits per heavy atom. The van der Waals surface area contributed by atoms with E-state index in [9.17, 15) is 23.2 Å². The molecule has 0 spiro atoms. The minimum absolute atomic E-state index is 0.0330. The van der Waals surface area contributed by atoms with Gasteiger partial charge in [-0.25, -0.2) is 28.1 Å². The fraction of sp³-hybridized carbons (Fsp3) is 0.467. The number of pyridine rings is 1. The topological polar surface area (TPSA) is 113 Å². The van der Waals surface area contributed by atoms with Crippen molar-refractivity contribution in [2.24, 2.45) is 0 Å². The van der Waals surface area contributed by atoms with E-state index in [0.717, 1.165) is 62.1 Å². The maximum atomic E-state index is 14.3. The summed E-state index contributed by atoms with van der Waals surface area (Å²) in [7, 11) is 2.52. The first-order valence-electron chi connectivity index (χ1n) is 14.1. The number of ether oxygens (including phenoxy) is 2. The number of likely N-dealkylation sites (tertiary alicyclic amines) is 1. The van der Waals surface area contributed by atoms with E-state index < -0.39 is 35.7 Å². The molecule has 224 valence electrons. The highest BCUT2D eigenvalue weighted by molar-refractivity contribution is 6.01. The lowest BCUT2D eigenvalue weighted by Crippen LogP contribution is -2.56. The van der Waals surface area contributed by atoms with E-state index in [2.05, 4.69) is 26.6 Å². The van der Waals surface area contributed by atoms with Crippen molar-refractivity contribution in [3.05, 3.63) is 76.8 Å². The number of benzene rings is 1. The molecule has 3 heterocycles. The molecule has 10 nitrogen and oxygen atoms in total. The van der Waals surface area contributed by atoms with Gasteiger partial charge in [-0.05, 0) is 61.9 Å². The van der Waals surface area contributed by atoms with Crippen LogP contribution < -0.4 is 10.6 Å². The van der Waals surface area contributed by atoms with Crippen LogP contribution in [0.2, 0.25) is 0 Å². The maximum absolute atomic E-state index is 14.3. The van der Waals surface area contributed by atoms with Gasteiger partial charge in [-0.15, -0.1) is 0 Å². The Morgan fingerprint density at radius 1 is 1.07 bits per heavy atom. The molecule has 1 aliphatic carbocycles. The first-order chi connectivity index (χ1) is 20.3. The van der Waals surface area contributed by atoms with Gasteiger partial charge in [0.05, 0.1) is 25.0 Å². The van der Waals surface area contributed by atoms with Crippen molar-refractivity contribution in [1.29, 1.82) is 0 Å². The number of carbonyl (C=O) groups excluding carboxylic acids is 3. The smallest absolute Gasteiger partial charge is 0.338 e. The second-order valence-corrected chi connectivity index (χ2v) is 10.9. The molecule has 4 amide bonds. The van der Waals surface area contributed by atoms with Crippen molar-refractivity contribution < 1.29 is 32.6 Å². The number of esters is 1. The number of hydrogen-bond donors (Lipinski definition) is 2. The summed E-state index contributed by atoms with van der Waals surface area (Å²) in [6, 6.07) is 6.20. The number of amides is 4. The number of aromatic nitrogens is 1. The van der Waals surface area contributed by atoms with Gasteiger partial charge < -0.3 is 20.1 Å². The minimum Gasteiger partial charge on any atom is -0.466 e. The number of carbonyl (C=O) groups is 3. The molecule has 2 aliphatic heterocycles. The highest BCUT2D eigenvalue weighted by atomic mass is 19.2. The number of nitrogens with zero attached hydrogens (tertiary/aromatic N) is 3. The number of nitrogens with one attached hydrogen (secondary N) is 2. The summed E-state index contributed by atoms with van der Waals surface area (Å²) in [6.45, 7) is 1.24. The zero-order valence-electron chi connectivity index (χ0n) is 23.6. The van der Waals surface area contributed by atoms with Crippen LogP contribution >= 0.6 is 0 Å². The van der Waals surface area contributed by atoms with E-state index in [1.165, 1.54) is 13.2 Å². The predicted molar refractivity (Wildman–Crippen MR) is 148 cm³/mol. The summed E-state index contributed by atoms with van der Waals surface area (Å²) in [5.41, 5.74) is 1.12. The molecule has 2 aromatic rings. The Labute approximate surface area is 243 Å². The van der Waals surface area contributed by atoms with E-state index in [0.29, 0.717) is 24.9 Å². The van der Waals surface area contributed by atoms with Gasteiger partial charge in [0.15, 0.2) is 11.6 Å². The van der Waals surface area contributed by atoms with Gasteiger partial charge in [0.1, 0.15) is 6.04 Å². The third kappa shape index (κ3) is 6.14. The van der Waals surface area contributed by atoms with Crippen molar-refractivity contribution >= 4 is 18.0 Å². The van der Waals surface area contributed by atoms with Gasteiger partial charge >= 0.3 is 18.0 Å². The third-order valence-corrected chi connectivity index (χ3v) is 8.37. The highest BCUT2D eigenvalue weighted by Gasteiger charge is 2.44. The van der Waals surface area contributed by atoms with Gasteiger partial charge in [-0.2, -0.15) is 0 Å². The van der Waals surface area contributed by atoms with Crippen molar-refractivity contribution in [1.82, 2.24) is 25.4 Å². The summed E-state index contributed by atoms with van der Waals surface area (Å²) in [6.07, 6.45) is 6.68. The molecule has 0 bridgehead atoms. The summed E-state index contributed by atoms with van der Waals surface area (Å²) in [5, 5.41) is 5.47. The molecule has 2 atom stereocenters. The van der Waals surface area contributed by atoms with Crippen LogP contribution in [-0.4, -0.2) is 78.8 Å². The summed E-state index contributed by atoms with van der Waals surface area (Å²) < 4.78 is 38.2. The van der Waals surface area contributed by atoms with Gasteiger partial charge in [0.25, 0.3) is 0 Å². The quantitative estimate of drug-likeness (QED) is 0.474. The number of urea groups is 2. The van der Waals surface area contributed by atoms with Crippen molar-refractivity contribution in [3.8, 4) is 0 Å². The molecule has 1 saturated heterocycles. The van der Waals surface area contributed by atoms with E-state index >= 15 is 0 Å². The number of hydrogen-bond acceptors (Lipinski definition) is 7. The van der Waals surface area contributed by atoms with Crippen LogP contribution in [0.15, 0.2) is 53.9 Å². The molecule has 12 heteroatoms. The van der Waals surface area contributed by atoms with E-state index in [1.54, 1.807) is 0 Å². The molecule has 1 saturated carbocycles. The lowest BCUT2D eigenvalue weighted by atomic mass is 9.83. The van der Waals surface area contributed by atoms with Gasteiger partial charge in [0.2, 0.25) is 0 Å². The van der Waals surface area contributed by atoms with E-state index in [4.69, 9.17) is 9.47 Å². The average molecular weight is 584 g/mol. The molecule has 3 aliphatic rings. The number of halogens is 2. The van der Waals surface area contributed by atoms with Crippen LogP contribution in [0.3, 0.4) is 0 Å². The third-order valence-electron chi connectivity index (χ3n) is 8.37. The number of rotatable bonds is 7. The highest BCUT2D eigenvalue weighted by Crippen LogP contribution is 2.37. The summed E-state index contributed by atoms with van der Waals surface area (Å²) in [4.78, 5) is 47.6. The van der Waals surface area contributed by atoms with Crippen molar-refractivity contribution in [2.75, 3.05) is 33.9 Å². The molecule has 1 aromatic carbocycles. The van der Waals surface area contributed by atoms with Crippen molar-refractivity contribution in [3.63, 3.8) is 0 Å². The Morgan fingerprint density at radius 3 is 2.52 bits per heavy atom. The molecule has 1 aromatic heterocycles. The Bertz CT molecular complexity index is 1350. The molecular weight excluding hydrogens is 548 g/mol. The lowest BCUT2D eigenvalue weighted by Gasteiger charge is -2.37. The fourth-order valence-corrected chi connectivity index (χ4v) is 6.31. The molecular formula is C30H35F2N5O5. The molecule has 2 fully saturated rings. The first kappa shape index (κ1) is 29.6. The molecule has 0 unspecified atom stereocenters. The molecule has 42 heavy (non-hydrogen) atoms. The zero-order valence-corrected chi connectivity index (χ0v) is 23.6. The van der Waals surface area contributed by atoms with Gasteiger partial charge in [0, 0.05) is 50.1 Å². The first-order valence-corrected chi connectivity index (χ1v) is 14.1.